The van der Waals surface area contributed by atoms with Crippen LogP contribution in [0.2, 0.25) is 0 Å². The van der Waals surface area contributed by atoms with Gasteiger partial charge in [0, 0.05) is 20.2 Å². The number of nitrogens with one attached hydrogen (secondary N) is 1. The lowest BCUT2D eigenvalue weighted by molar-refractivity contribution is -0.114. The third kappa shape index (κ3) is 2.18. The summed E-state index contributed by atoms with van der Waals surface area (Å²) in [7, 11) is 1.65. The van der Waals surface area contributed by atoms with Gasteiger partial charge in [-0.25, -0.2) is 0 Å². The minimum absolute atomic E-state index is 0.194. The molecule has 1 heterocycles. The number of aryl methyl sites for hydroxylation is 2. The van der Waals surface area contributed by atoms with Gasteiger partial charge >= 0.3 is 0 Å². The molecule has 4 heteroatoms. The molecule has 0 bridgehead atoms. The van der Waals surface area contributed by atoms with Crippen molar-refractivity contribution >= 4 is 11.6 Å². The van der Waals surface area contributed by atoms with Gasteiger partial charge in [-0.1, -0.05) is 0 Å². The summed E-state index contributed by atoms with van der Waals surface area (Å²) in [4.78, 5) is 22.1. The van der Waals surface area contributed by atoms with Crippen molar-refractivity contribution < 1.29 is 4.79 Å². The first kappa shape index (κ1) is 9.51. The van der Waals surface area contributed by atoms with E-state index in [1.165, 1.54) is 11.5 Å². The van der Waals surface area contributed by atoms with Crippen LogP contribution in [0.15, 0.2) is 17.1 Å². The van der Waals surface area contributed by atoms with E-state index in [2.05, 4.69) is 5.32 Å². The van der Waals surface area contributed by atoms with Crippen LogP contribution in [0.1, 0.15) is 12.5 Å². The second kappa shape index (κ2) is 3.43. The third-order valence-electron chi connectivity index (χ3n) is 1.63. The van der Waals surface area contributed by atoms with E-state index in [0.717, 1.165) is 5.56 Å². The molecule has 0 aromatic carbocycles. The number of nitrogens with zero attached hydrogens (tertiary/aromatic N) is 1. The number of amides is 1. The molecule has 0 saturated heterocycles. The number of rotatable bonds is 1. The number of hydrogen-bond acceptors (Lipinski definition) is 2. The van der Waals surface area contributed by atoms with E-state index in [1.807, 2.05) is 6.92 Å². The van der Waals surface area contributed by atoms with E-state index in [-0.39, 0.29) is 11.5 Å². The molecule has 0 aliphatic heterocycles. The van der Waals surface area contributed by atoms with Gasteiger partial charge in [0.1, 0.15) is 5.69 Å². The Bertz CT molecular complexity index is 393. The lowest BCUT2D eigenvalue weighted by Crippen LogP contribution is -2.22. The van der Waals surface area contributed by atoms with Gasteiger partial charge in [0.25, 0.3) is 5.56 Å². The van der Waals surface area contributed by atoms with E-state index in [0.29, 0.717) is 5.69 Å². The lowest BCUT2D eigenvalue weighted by Gasteiger charge is -2.05. The maximum atomic E-state index is 11.4. The van der Waals surface area contributed by atoms with Gasteiger partial charge in [0.2, 0.25) is 5.91 Å². The van der Waals surface area contributed by atoms with Gasteiger partial charge in [-0.05, 0) is 18.6 Å². The highest BCUT2D eigenvalue weighted by atomic mass is 16.2. The fraction of sp³-hybridized carbons (Fsp3) is 0.333. The molecule has 0 aliphatic carbocycles. The van der Waals surface area contributed by atoms with Crippen molar-refractivity contribution in [1.82, 2.24) is 4.57 Å². The van der Waals surface area contributed by atoms with Crippen LogP contribution in [0.3, 0.4) is 0 Å². The summed E-state index contributed by atoms with van der Waals surface area (Å²) in [6.07, 6.45) is 1.72. The fourth-order valence-electron chi connectivity index (χ4n) is 1.16. The van der Waals surface area contributed by atoms with E-state index in [9.17, 15) is 9.59 Å². The van der Waals surface area contributed by atoms with E-state index >= 15 is 0 Å². The molecule has 13 heavy (non-hydrogen) atoms. The Morgan fingerprint density at radius 1 is 1.54 bits per heavy atom. The highest BCUT2D eigenvalue weighted by molar-refractivity contribution is 5.88. The molecular formula is C9H12N2O2. The first-order chi connectivity index (χ1) is 6.00. The molecular weight excluding hydrogens is 168 g/mol. The van der Waals surface area contributed by atoms with Crippen LogP contribution in [-0.4, -0.2) is 10.5 Å². The molecule has 0 aliphatic rings. The van der Waals surface area contributed by atoms with Crippen molar-refractivity contribution in [3.8, 4) is 0 Å². The Kier molecular flexibility index (Phi) is 2.51. The fourth-order valence-corrected chi connectivity index (χ4v) is 1.16. The van der Waals surface area contributed by atoms with Crippen molar-refractivity contribution in [1.29, 1.82) is 0 Å². The average Bonchev–Trinajstić information content (AvgIpc) is 1.98. The van der Waals surface area contributed by atoms with E-state index in [1.54, 1.807) is 19.3 Å². The molecule has 0 radical (unpaired) electrons. The van der Waals surface area contributed by atoms with Gasteiger partial charge in [0.05, 0.1) is 0 Å². The SMILES string of the molecule is CC(=O)Nc1cc(C)cn(C)c1=O. The monoisotopic (exact) mass is 180 g/mol. The van der Waals surface area contributed by atoms with E-state index in [4.69, 9.17) is 0 Å². The molecule has 0 unspecified atom stereocenters. The molecule has 4 nitrogen and oxygen atoms in total. The standard InChI is InChI=1S/C9H12N2O2/c1-6-4-8(10-7(2)12)9(13)11(3)5-6/h4-5H,1-3H3,(H,10,12). The number of pyridine rings is 1. The Morgan fingerprint density at radius 3 is 2.69 bits per heavy atom. The zero-order valence-corrected chi connectivity index (χ0v) is 7.92. The highest BCUT2D eigenvalue weighted by Crippen LogP contribution is 2.02. The maximum absolute atomic E-state index is 11.4. The Morgan fingerprint density at radius 2 is 2.15 bits per heavy atom. The Balaban J connectivity index is 3.21. The van der Waals surface area contributed by atoms with Gasteiger partial charge in [-0.2, -0.15) is 0 Å². The predicted octanol–water partition coefficient (Wildman–Crippen LogP) is 0.652. The number of hydrogen-bond donors (Lipinski definition) is 1. The van der Waals surface area contributed by atoms with Crippen molar-refractivity contribution in [2.75, 3.05) is 5.32 Å². The van der Waals surface area contributed by atoms with Crippen LogP contribution in [0.4, 0.5) is 5.69 Å². The molecule has 1 amide bonds. The largest absolute Gasteiger partial charge is 0.322 e. The zero-order valence-electron chi connectivity index (χ0n) is 7.92. The minimum Gasteiger partial charge on any atom is -0.322 e. The quantitative estimate of drug-likeness (QED) is 0.690. The smallest absolute Gasteiger partial charge is 0.274 e. The van der Waals surface area contributed by atoms with Crippen molar-refractivity contribution in [3.05, 3.63) is 28.2 Å². The highest BCUT2D eigenvalue weighted by Gasteiger charge is 2.03. The van der Waals surface area contributed by atoms with Crippen molar-refractivity contribution in [2.24, 2.45) is 7.05 Å². The Hall–Kier alpha value is -1.58. The van der Waals surface area contributed by atoms with Crippen LogP contribution >= 0.6 is 0 Å². The predicted molar refractivity (Wildman–Crippen MR) is 50.7 cm³/mol. The summed E-state index contributed by atoms with van der Waals surface area (Å²) in [5.74, 6) is -0.234. The lowest BCUT2D eigenvalue weighted by atomic mass is 10.3. The number of aromatic nitrogens is 1. The second-order valence-corrected chi connectivity index (χ2v) is 3.03. The van der Waals surface area contributed by atoms with Gasteiger partial charge in [-0.15, -0.1) is 0 Å². The summed E-state index contributed by atoms with van der Waals surface area (Å²) in [5.41, 5.74) is 1.07. The number of anilines is 1. The van der Waals surface area contributed by atoms with Crippen LogP contribution in [0, 0.1) is 6.92 Å². The number of carbonyl (C=O) groups excluding carboxylic acids is 1. The molecule has 1 N–H and O–H groups in total. The van der Waals surface area contributed by atoms with Crippen molar-refractivity contribution in [2.45, 2.75) is 13.8 Å². The average molecular weight is 180 g/mol. The van der Waals surface area contributed by atoms with Crippen LogP contribution < -0.4 is 10.9 Å². The number of carbonyl (C=O) groups is 1. The summed E-state index contributed by atoms with van der Waals surface area (Å²) >= 11 is 0. The topological polar surface area (TPSA) is 51.1 Å². The zero-order chi connectivity index (χ0) is 10.0. The van der Waals surface area contributed by atoms with Gasteiger partial charge in [-0.3, -0.25) is 9.59 Å². The summed E-state index contributed by atoms with van der Waals surface area (Å²) in [6, 6.07) is 1.66. The molecule has 0 saturated carbocycles. The molecule has 0 spiro atoms. The minimum atomic E-state index is -0.234. The van der Waals surface area contributed by atoms with Crippen LogP contribution in [-0.2, 0) is 11.8 Å². The molecule has 0 atom stereocenters. The van der Waals surface area contributed by atoms with Gasteiger partial charge in [0.15, 0.2) is 0 Å². The molecule has 0 fully saturated rings. The molecule has 70 valence electrons. The molecule has 1 rings (SSSR count). The third-order valence-corrected chi connectivity index (χ3v) is 1.63. The van der Waals surface area contributed by atoms with Gasteiger partial charge < -0.3 is 9.88 Å². The summed E-state index contributed by atoms with van der Waals surface area (Å²) in [5, 5.41) is 2.48. The Labute approximate surface area is 76.2 Å². The normalized spacial score (nSPS) is 9.77. The summed E-state index contributed by atoms with van der Waals surface area (Å²) in [6.45, 7) is 3.24. The summed E-state index contributed by atoms with van der Waals surface area (Å²) < 4.78 is 1.45. The van der Waals surface area contributed by atoms with Crippen LogP contribution in [0.25, 0.3) is 0 Å². The maximum Gasteiger partial charge on any atom is 0.274 e. The van der Waals surface area contributed by atoms with E-state index < -0.39 is 0 Å². The first-order valence-corrected chi connectivity index (χ1v) is 3.95. The van der Waals surface area contributed by atoms with Crippen LogP contribution in [0.5, 0.6) is 0 Å². The molecule has 1 aromatic heterocycles. The van der Waals surface area contributed by atoms with Crippen molar-refractivity contribution in [3.63, 3.8) is 0 Å². The molecule has 1 aromatic rings. The first-order valence-electron chi connectivity index (χ1n) is 3.95. The second-order valence-electron chi connectivity index (χ2n) is 3.03.